The van der Waals surface area contributed by atoms with Crippen molar-refractivity contribution in [3.05, 3.63) is 15.9 Å². The standard InChI is InChI=1S/C2H3N5O2/c1-2-3-4-5-6(2)7(8)9/h1H3. The van der Waals surface area contributed by atoms with Crippen molar-refractivity contribution < 1.29 is 5.03 Å². The maximum atomic E-state index is 9.91. The minimum atomic E-state index is -0.699. The third-order valence-corrected chi connectivity index (χ3v) is 0.758. The van der Waals surface area contributed by atoms with Gasteiger partial charge in [0.1, 0.15) is 5.21 Å². The van der Waals surface area contributed by atoms with E-state index >= 15 is 0 Å². The summed E-state index contributed by atoms with van der Waals surface area (Å²) < 4.78 is 0. The fourth-order valence-corrected chi connectivity index (χ4v) is 0.378. The van der Waals surface area contributed by atoms with E-state index in [2.05, 4.69) is 15.5 Å². The van der Waals surface area contributed by atoms with E-state index in [1.54, 1.807) is 0 Å². The van der Waals surface area contributed by atoms with Gasteiger partial charge in [0, 0.05) is 6.92 Å². The van der Waals surface area contributed by atoms with Crippen LogP contribution in [0.15, 0.2) is 0 Å². The Morgan fingerprint density at radius 3 is 2.67 bits per heavy atom. The van der Waals surface area contributed by atoms with E-state index in [9.17, 15) is 10.1 Å². The highest BCUT2D eigenvalue weighted by molar-refractivity contribution is 4.67. The van der Waals surface area contributed by atoms with E-state index in [0.29, 0.717) is 4.79 Å². The highest BCUT2D eigenvalue weighted by Crippen LogP contribution is 1.83. The third kappa shape index (κ3) is 0.831. The molecule has 0 aliphatic heterocycles. The Kier molecular flexibility index (Phi) is 1.10. The van der Waals surface area contributed by atoms with Crippen LogP contribution in [0.2, 0.25) is 0 Å². The van der Waals surface area contributed by atoms with Crippen molar-refractivity contribution in [3.63, 3.8) is 0 Å². The minimum absolute atomic E-state index is 0.167. The topological polar surface area (TPSA) is 86.7 Å². The number of rotatable bonds is 1. The summed E-state index contributed by atoms with van der Waals surface area (Å²) in [6, 6.07) is 0. The van der Waals surface area contributed by atoms with Gasteiger partial charge in [-0.05, 0) is 0 Å². The second-order valence-corrected chi connectivity index (χ2v) is 1.35. The summed E-state index contributed by atoms with van der Waals surface area (Å²) in [4.78, 5) is 10.4. The lowest BCUT2D eigenvalue weighted by Gasteiger charge is -1.87. The van der Waals surface area contributed by atoms with Gasteiger partial charge in [-0.1, -0.05) is 5.10 Å². The van der Waals surface area contributed by atoms with Gasteiger partial charge < -0.3 is 10.1 Å². The van der Waals surface area contributed by atoms with Crippen molar-refractivity contribution in [2.24, 2.45) is 0 Å². The summed E-state index contributed by atoms with van der Waals surface area (Å²) in [6.45, 7) is 1.45. The van der Waals surface area contributed by atoms with Crippen LogP contribution in [0.4, 0.5) is 0 Å². The van der Waals surface area contributed by atoms with Crippen LogP contribution < -0.4 is 0 Å². The van der Waals surface area contributed by atoms with Crippen molar-refractivity contribution >= 4 is 0 Å². The number of tetrazole rings is 1. The molecule has 0 spiro atoms. The molecule has 0 saturated carbocycles. The van der Waals surface area contributed by atoms with Gasteiger partial charge in [0.15, 0.2) is 0 Å². The van der Waals surface area contributed by atoms with Crippen molar-refractivity contribution in [1.29, 1.82) is 0 Å². The normalized spacial score (nSPS) is 9.44. The molecular weight excluding hydrogens is 126 g/mol. The highest BCUT2D eigenvalue weighted by Gasteiger charge is 2.08. The van der Waals surface area contributed by atoms with E-state index in [1.807, 2.05) is 0 Å². The molecule has 7 nitrogen and oxygen atoms in total. The Balaban J connectivity index is 3.08. The zero-order chi connectivity index (χ0) is 6.85. The Morgan fingerprint density at radius 2 is 2.44 bits per heavy atom. The fraction of sp³-hybridized carbons (Fsp3) is 0.500. The second-order valence-electron chi connectivity index (χ2n) is 1.35. The average Bonchev–Trinajstić information content (AvgIpc) is 2.13. The molecule has 1 rings (SSSR count). The molecule has 0 saturated heterocycles. The molecule has 1 aromatic rings. The summed E-state index contributed by atoms with van der Waals surface area (Å²) in [5.41, 5.74) is 0. The monoisotopic (exact) mass is 129 g/mol. The van der Waals surface area contributed by atoms with Gasteiger partial charge in [-0.2, -0.15) is 0 Å². The first-order valence-corrected chi connectivity index (χ1v) is 2.11. The number of hydrogen-bond acceptors (Lipinski definition) is 5. The first kappa shape index (κ1) is 5.60. The van der Waals surface area contributed by atoms with Crippen LogP contribution in [0.3, 0.4) is 0 Å². The summed E-state index contributed by atoms with van der Waals surface area (Å²) in [7, 11) is 0. The van der Waals surface area contributed by atoms with Crippen LogP contribution >= 0.6 is 0 Å². The highest BCUT2D eigenvalue weighted by atomic mass is 16.7. The molecule has 0 radical (unpaired) electrons. The Hall–Kier alpha value is -1.53. The lowest BCUT2D eigenvalue weighted by atomic mass is 10.8. The summed E-state index contributed by atoms with van der Waals surface area (Å²) in [5.74, 6) is 0.167. The van der Waals surface area contributed by atoms with Crippen LogP contribution in [0.5, 0.6) is 0 Å². The number of aromatic nitrogens is 4. The van der Waals surface area contributed by atoms with Crippen molar-refractivity contribution in [2.45, 2.75) is 6.92 Å². The fourth-order valence-electron chi connectivity index (χ4n) is 0.378. The molecule has 9 heavy (non-hydrogen) atoms. The summed E-state index contributed by atoms with van der Waals surface area (Å²) >= 11 is 0. The molecule has 0 unspecified atom stereocenters. The van der Waals surface area contributed by atoms with E-state index < -0.39 is 5.03 Å². The van der Waals surface area contributed by atoms with Crippen molar-refractivity contribution in [2.75, 3.05) is 0 Å². The van der Waals surface area contributed by atoms with Gasteiger partial charge in [-0.15, -0.1) is 0 Å². The first-order chi connectivity index (χ1) is 4.22. The second kappa shape index (κ2) is 1.77. The average molecular weight is 129 g/mol. The molecule has 0 fully saturated rings. The number of hydrogen-bond donors (Lipinski definition) is 0. The molecule has 0 N–H and O–H groups in total. The Labute approximate surface area is 49.4 Å². The Bertz CT molecular complexity index is 229. The number of nitrogens with zero attached hydrogens (tertiary/aromatic N) is 5. The minimum Gasteiger partial charge on any atom is -0.339 e. The maximum Gasteiger partial charge on any atom is 0.222 e. The smallest absolute Gasteiger partial charge is 0.222 e. The van der Waals surface area contributed by atoms with Crippen LogP contribution in [-0.4, -0.2) is 25.3 Å². The van der Waals surface area contributed by atoms with Crippen LogP contribution in [-0.2, 0) is 0 Å². The predicted octanol–water partition coefficient (Wildman–Crippen LogP) is -0.979. The zero-order valence-electron chi connectivity index (χ0n) is 4.55. The van der Waals surface area contributed by atoms with Crippen LogP contribution in [0, 0.1) is 17.0 Å². The van der Waals surface area contributed by atoms with Gasteiger partial charge in [-0.25, -0.2) is 0 Å². The molecule has 0 aliphatic carbocycles. The third-order valence-electron chi connectivity index (χ3n) is 0.758. The van der Waals surface area contributed by atoms with E-state index in [4.69, 9.17) is 0 Å². The number of aryl methyl sites for hydroxylation is 1. The van der Waals surface area contributed by atoms with Gasteiger partial charge in [0.25, 0.3) is 0 Å². The molecule has 0 atom stereocenters. The largest absolute Gasteiger partial charge is 0.339 e. The SMILES string of the molecule is Cc1nnnn1[N+](=O)[O-]. The van der Waals surface area contributed by atoms with Gasteiger partial charge in [-0.3, -0.25) is 0 Å². The van der Waals surface area contributed by atoms with E-state index in [0.717, 1.165) is 0 Å². The molecule has 1 heterocycles. The molecule has 0 bridgehead atoms. The van der Waals surface area contributed by atoms with E-state index in [-0.39, 0.29) is 5.82 Å². The van der Waals surface area contributed by atoms with Crippen molar-refractivity contribution in [3.8, 4) is 0 Å². The maximum absolute atomic E-state index is 9.91. The summed E-state index contributed by atoms with van der Waals surface area (Å²) in [6.07, 6.45) is 0. The predicted molar refractivity (Wildman–Crippen MR) is 24.9 cm³/mol. The van der Waals surface area contributed by atoms with E-state index in [1.165, 1.54) is 6.92 Å². The Morgan fingerprint density at radius 1 is 1.78 bits per heavy atom. The van der Waals surface area contributed by atoms with Gasteiger partial charge in [0.2, 0.25) is 11.0 Å². The summed E-state index contributed by atoms with van der Waals surface area (Å²) in [5, 5.41) is 18.6. The molecule has 7 heteroatoms. The molecular formula is C2H3N5O2. The van der Waals surface area contributed by atoms with Crippen molar-refractivity contribution in [1.82, 2.24) is 20.3 Å². The molecule has 0 aliphatic rings. The lowest BCUT2D eigenvalue weighted by molar-refractivity contribution is -0.555. The molecule has 0 amide bonds. The van der Waals surface area contributed by atoms with Gasteiger partial charge >= 0.3 is 0 Å². The molecule has 48 valence electrons. The molecule has 1 aromatic heterocycles. The lowest BCUT2D eigenvalue weighted by Crippen LogP contribution is -2.12. The van der Waals surface area contributed by atoms with Crippen LogP contribution in [0.1, 0.15) is 5.82 Å². The number of nitro groups is 1. The molecule has 0 aromatic carbocycles. The van der Waals surface area contributed by atoms with Gasteiger partial charge in [0.05, 0.1) is 9.82 Å². The quantitative estimate of drug-likeness (QED) is 0.359. The van der Waals surface area contributed by atoms with Crippen LogP contribution in [0.25, 0.3) is 0 Å². The first-order valence-electron chi connectivity index (χ1n) is 2.11. The zero-order valence-corrected chi connectivity index (χ0v) is 4.55.